The third-order valence-corrected chi connectivity index (χ3v) is 3.86. The van der Waals surface area contributed by atoms with Crippen LogP contribution in [0.3, 0.4) is 0 Å². The number of halogens is 1. The number of hydrogen-bond acceptors (Lipinski definition) is 2. The van der Waals surface area contributed by atoms with E-state index in [1.807, 2.05) is 0 Å². The summed E-state index contributed by atoms with van der Waals surface area (Å²) in [4.78, 5) is 0. The maximum absolute atomic E-state index is 13.1. The van der Waals surface area contributed by atoms with Gasteiger partial charge < -0.3 is 10.1 Å². The molecule has 1 saturated carbocycles. The number of nitrogens with one attached hydrogen (secondary N) is 1. The fraction of sp³-hybridized carbons (Fsp3) is 0.600. The lowest BCUT2D eigenvalue weighted by atomic mass is 9.75. The fourth-order valence-corrected chi connectivity index (χ4v) is 2.55. The molecule has 1 N–H and O–H groups in total. The first-order valence-electron chi connectivity index (χ1n) is 6.60. The van der Waals surface area contributed by atoms with Crippen molar-refractivity contribution >= 4 is 5.69 Å². The summed E-state index contributed by atoms with van der Waals surface area (Å²) in [6.07, 6.45) is 4.78. The summed E-state index contributed by atoms with van der Waals surface area (Å²) in [5, 5.41) is 3.47. The Kier molecular flexibility index (Phi) is 3.79. The van der Waals surface area contributed by atoms with Crippen LogP contribution in [0.25, 0.3) is 0 Å². The van der Waals surface area contributed by atoms with Gasteiger partial charge in [0.2, 0.25) is 0 Å². The molecule has 0 amide bonds. The van der Waals surface area contributed by atoms with Crippen molar-refractivity contribution in [3.8, 4) is 5.75 Å². The Morgan fingerprint density at radius 1 is 1.28 bits per heavy atom. The van der Waals surface area contributed by atoms with Gasteiger partial charge in [-0.15, -0.1) is 0 Å². The van der Waals surface area contributed by atoms with Crippen LogP contribution in [0.5, 0.6) is 5.75 Å². The summed E-state index contributed by atoms with van der Waals surface area (Å²) in [7, 11) is 1.57. The number of benzene rings is 1. The summed E-state index contributed by atoms with van der Waals surface area (Å²) in [6, 6.07) is 5.12. The number of ether oxygens (including phenoxy) is 1. The Bertz CT molecular complexity index is 407. The summed E-state index contributed by atoms with van der Waals surface area (Å²) >= 11 is 0. The molecule has 0 bridgehead atoms. The molecule has 0 aliphatic heterocycles. The summed E-state index contributed by atoms with van der Waals surface area (Å²) in [5.74, 6) is 0.321. The highest BCUT2D eigenvalue weighted by molar-refractivity contribution is 5.57. The van der Waals surface area contributed by atoms with Crippen LogP contribution in [0, 0.1) is 11.2 Å². The first kappa shape index (κ1) is 13.2. The van der Waals surface area contributed by atoms with Crippen molar-refractivity contribution in [3.05, 3.63) is 24.0 Å². The van der Waals surface area contributed by atoms with Gasteiger partial charge in [-0.25, -0.2) is 4.39 Å². The van der Waals surface area contributed by atoms with E-state index in [1.165, 1.54) is 25.0 Å². The van der Waals surface area contributed by atoms with Crippen LogP contribution in [0.2, 0.25) is 0 Å². The topological polar surface area (TPSA) is 21.3 Å². The average Bonchev–Trinajstić information content (AvgIpc) is 2.34. The first-order valence-corrected chi connectivity index (χ1v) is 6.60. The maximum Gasteiger partial charge on any atom is 0.144 e. The lowest BCUT2D eigenvalue weighted by molar-refractivity contribution is 0.232. The second-order valence-electron chi connectivity index (χ2n) is 5.93. The van der Waals surface area contributed by atoms with Gasteiger partial charge in [0.25, 0.3) is 0 Å². The maximum atomic E-state index is 13.1. The standard InChI is InChI=1S/C15H22FNO/c1-15(2)8-6-12(7-9-15)17-13-5-4-11(16)10-14(13)18-3/h4-5,10,12,17H,6-9H2,1-3H3. The summed E-state index contributed by atoms with van der Waals surface area (Å²) in [6.45, 7) is 4.64. The van der Waals surface area contributed by atoms with Crippen molar-refractivity contribution in [2.24, 2.45) is 5.41 Å². The number of anilines is 1. The predicted octanol–water partition coefficient (Wildman–Crippen LogP) is 4.22. The van der Waals surface area contributed by atoms with Crippen molar-refractivity contribution in [3.63, 3.8) is 0 Å². The Balaban J connectivity index is 2.02. The Hall–Kier alpha value is -1.25. The van der Waals surface area contributed by atoms with Gasteiger partial charge in [0.05, 0.1) is 12.8 Å². The summed E-state index contributed by atoms with van der Waals surface area (Å²) < 4.78 is 18.3. The zero-order valence-corrected chi connectivity index (χ0v) is 11.4. The normalized spacial score (nSPS) is 19.6. The second kappa shape index (κ2) is 5.17. The Morgan fingerprint density at radius 3 is 2.56 bits per heavy atom. The van der Waals surface area contributed by atoms with Crippen LogP contribution in [-0.2, 0) is 0 Å². The predicted molar refractivity (Wildman–Crippen MR) is 72.6 cm³/mol. The van der Waals surface area contributed by atoms with Gasteiger partial charge >= 0.3 is 0 Å². The molecule has 1 aliphatic carbocycles. The van der Waals surface area contributed by atoms with E-state index in [1.54, 1.807) is 13.2 Å². The highest BCUT2D eigenvalue weighted by atomic mass is 19.1. The van der Waals surface area contributed by atoms with Crippen LogP contribution in [0.4, 0.5) is 10.1 Å². The van der Waals surface area contributed by atoms with E-state index in [2.05, 4.69) is 19.2 Å². The number of methoxy groups -OCH3 is 1. The molecule has 1 aromatic carbocycles. The monoisotopic (exact) mass is 251 g/mol. The molecular weight excluding hydrogens is 229 g/mol. The van der Waals surface area contributed by atoms with Gasteiger partial charge in [-0.1, -0.05) is 13.8 Å². The van der Waals surface area contributed by atoms with Crippen LogP contribution >= 0.6 is 0 Å². The molecule has 0 radical (unpaired) electrons. The molecule has 1 aromatic rings. The molecule has 2 nitrogen and oxygen atoms in total. The quantitative estimate of drug-likeness (QED) is 0.868. The highest BCUT2D eigenvalue weighted by Crippen LogP contribution is 2.37. The van der Waals surface area contributed by atoms with Crippen LogP contribution < -0.4 is 10.1 Å². The molecule has 100 valence electrons. The van der Waals surface area contributed by atoms with Gasteiger partial charge in [0, 0.05) is 12.1 Å². The molecule has 0 aromatic heterocycles. The third-order valence-electron chi connectivity index (χ3n) is 3.86. The van der Waals surface area contributed by atoms with E-state index in [9.17, 15) is 4.39 Å². The Labute approximate surface area is 109 Å². The van der Waals surface area contributed by atoms with Crippen molar-refractivity contribution in [2.45, 2.75) is 45.6 Å². The van der Waals surface area contributed by atoms with E-state index in [4.69, 9.17) is 4.74 Å². The fourth-order valence-electron chi connectivity index (χ4n) is 2.55. The molecule has 0 spiro atoms. The van der Waals surface area contributed by atoms with Gasteiger partial charge in [0.15, 0.2) is 0 Å². The SMILES string of the molecule is COc1cc(F)ccc1NC1CCC(C)(C)CC1. The second-order valence-corrected chi connectivity index (χ2v) is 5.93. The number of rotatable bonds is 3. The molecule has 2 rings (SSSR count). The molecule has 0 atom stereocenters. The highest BCUT2D eigenvalue weighted by Gasteiger charge is 2.27. The van der Waals surface area contributed by atoms with E-state index in [-0.39, 0.29) is 5.82 Å². The van der Waals surface area contributed by atoms with Crippen LogP contribution in [0.1, 0.15) is 39.5 Å². The van der Waals surface area contributed by atoms with E-state index in [0.29, 0.717) is 17.2 Å². The minimum atomic E-state index is -0.262. The lowest BCUT2D eigenvalue weighted by Gasteiger charge is -2.35. The van der Waals surface area contributed by atoms with E-state index < -0.39 is 0 Å². The van der Waals surface area contributed by atoms with Gasteiger partial charge in [-0.3, -0.25) is 0 Å². The van der Waals surface area contributed by atoms with E-state index >= 15 is 0 Å². The molecule has 1 aliphatic rings. The molecule has 0 unspecified atom stereocenters. The largest absolute Gasteiger partial charge is 0.494 e. The molecular formula is C15H22FNO. The smallest absolute Gasteiger partial charge is 0.144 e. The molecule has 0 saturated heterocycles. The summed E-state index contributed by atoms with van der Waals surface area (Å²) in [5.41, 5.74) is 1.36. The van der Waals surface area contributed by atoms with E-state index in [0.717, 1.165) is 18.5 Å². The van der Waals surface area contributed by atoms with Crippen LogP contribution in [-0.4, -0.2) is 13.2 Å². The average molecular weight is 251 g/mol. The molecule has 0 heterocycles. The van der Waals surface area contributed by atoms with Gasteiger partial charge in [-0.2, -0.15) is 0 Å². The third kappa shape index (κ3) is 3.15. The minimum Gasteiger partial charge on any atom is -0.494 e. The van der Waals surface area contributed by atoms with Gasteiger partial charge in [-0.05, 0) is 43.2 Å². The minimum absolute atomic E-state index is 0.262. The molecule has 1 fully saturated rings. The zero-order chi connectivity index (χ0) is 13.2. The van der Waals surface area contributed by atoms with Crippen molar-refractivity contribution in [1.29, 1.82) is 0 Å². The first-order chi connectivity index (χ1) is 8.50. The zero-order valence-electron chi connectivity index (χ0n) is 11.4. The molecule has 3 heteroatoms. The van der Waals surface area contributed by atoms with Crippen molar-refractivity contribution < 1.29 is 9.13 Å². The van der Waals surface area contributed by atoms with Crippen molar-refractivity contribution in [2.75, 3.05) is 12.4 Å². The van der Waals surface area contributed by atoms with Crippen LogP contribution in [0.15, 0.2) is 18.2 Å². The van der Waals surface area contributed by atoms with Crippen molar-refractivity contribution in [1.82, 2.24) is 0 Å². The Morgan fingerprint density at radius 2 is 1.94 bits per heavy atom. The number of hydrogen-bond donors (Lipinski definition) is 1. The molecule has 18 heavy (non-hydrogen) atoms. The van der Waals surface area contributed by atoms with Gasteiger partial charge in [0.1, 0.15) is 11.6 Å². The lowest BCUT2D eigenvalue weighted by Crippen LogP contribution is -2.29.